The summed E-state index contributed by atoms with van der Waals surface area (Å²) in [4.78, 5) is 17.7. The van der Waals surface area contributed by atoms with Gasteiger partial charge in [-0.25, -0.2) is 13.4 Å². The van der Waals surface area contributed by atoms with E-state index in [1.165, 1.54) is 4.57 Å². The molecule has 0 radical (unpaired) electrons. The van der Waals surface area contributed by atoms with Crippen LogP contribution in [0.5, 0.6) is 0 Å². The van der Waals surface area contributed by atoms with Gasteiger partial charge in [0.2, 0.25) is 0 Å². The largest absolute Gasteiger partial charge is 0.280 e. The van der Waals surface area contributed by atoms with Gasteiger partial charge in [0, 0.05) is 5.69 Å². The number of anilines is 1. The van der Waals surface area contributed by atoms with Crippen molar-refractivity contribution in [3.63, 3.8) is 0 Å². The minimum atomic E-state index is -3.77. The molecule has 1 N–H and O–H groups in total. The molecule has 0 aliphatic carbocycles. The number of aryl methyl sites for hydroxylation is 1. The van der Waals surface area contributed by atoms with E-state index in [0.29, 0.717) is 28.1 Å². The van der Waals surface area contributed by atoms with Crippen LogP contribution < -0.4 is 10.3 Å². The lowest BCUT2D eigenvalue weighted by Gasteiger charge is -2.13. The molecule has 4 aromatic carbocycles. The van der Waals surface area contributed by atoms with E-state index < -0.39 is 10.0 Å². The normalized spacial score (nSPS) is 11.4. The van der Waals surface area contributed by atoms with Gasteiger partial charge in [-0.15, -0.1) is 0 Å². The number of aromatic nitrogens is 2. The maximum absolute atomic E-state index is 13.0. The lowest BCUT2D eigenvalue weighted by atomic mass is 10.1. The van der Waals surface area contributed by atoms with Crippen LogP contribution in [0.15, 0.2) is 113 Å². The first-order valence-electron chi connectivity index (χ1n) is 10.7. The molecule has 5 rings (SSSR count). The van der Waals surface area contributed by atoms with Crippen molar-refractivity contribution in [1.29, 1.82) is 0 Å². The quantitative estimate of drug-likeness (QED) is 0.387. The van der Waals surface area contributed by atoms with Gasteiger partial charge in [0.05, 0.1) is 21.5 Å². The molecule has 1 aromatic heterocycles. The van der Waals surface area contributed by atoms with Crippen molar-refractivity contribution in [2.24, 2.45) is 0 Å². The summed E-state index contributed by atoms with van der Waals surface area (Å²) in [6, 6.07) is 30.4. The maximum atomic E-state index is 13.0. The third-order valence-corrected chi connectivity index (χ3v) is 6.99. The van der Waals surface area contributed by atoms with Crippen LogP contribution in [-0.4, -0.2) is 18.0 Å². The number of nitrogens with zero attached hydrogens (tertiary/aromatic N) is 2. The van der Waals surface area contributed by atoms with Crippen LogP contribution in [0.3, 0.4) is 0 Å². The maximum Gasteiger partial charge on any atom is 0.265 e. The van der Waals surface area contributed by atoms with Crippen molar-refractivity contribution in [2.75, 3.05) is 4.72 Å². The zero-order valence-electron chi connectivity index (χ0n) is 18.3. The Labute approximate surface area is 197 Å². The minimum absolute atomic E-state index is 0.169. The van der Waals surface area contributed by atoms with Gasteiger partial charge >= 0.3 is 0 Å². The van der Waals surface area contributed by atoms with Gasteiger partial charge in [-0.05, 0) is 66.6 Å². The molecule has 0 amide bonds. The van der Waals surface area contributed by atoms with E-state index in [9.17, 15) is 13.2 Å². The molecule has 1 heterocycles. The summed E-state index contributed by atoms with van der Waals surface area (Å²) in [6.45, 7) is 1.77. The highest BCUT2D eigenvalue weighted by Crippen LogP contribution is 2.23. The van der Waals surface area contributed by atoms with Gasteiger partial charge in [-0.3, -0.25) is 14.1 Å². The van der Waals surface area contributed by atoms with Crippen LogP contribution in [0.2, 0.25) is 0 Å². The van der Waals surface area contributed by atoms with Gasteiger partial charge in [0.15, 0.2) is 0 Å². The monoisotopic (exact) mass is 467 g/mol. The predicted molar refractivity (Wildman–Crippen MR) is 135 cm³/mol. The van der Waals surface area contributed by atoms with Crippen molar-refractivity contribution in [3.8, 4) is 16.8 Å². The molecular weight excluding hydrogens is 446 g/mol. The number of nitrogens with one attached hydrogen (secondary N) is 1. The molecule has 168 valence electrons. The molecule has 0 aliphatic heterocycles. The Kier molecular flexibility index (Phi) is 5.47. The number of fused-ring (bicyclic) bond motifs is 1. The topological polar surface area (TPSA) is 81.1 Å². The first-order valence-corrected chi connectivity index (χ1v) is 12.2. The molecule has 0 unspecified atom stereocenters. The summed E-state index contributed by atoms with van der Waals surface area (Å²) < 4.78 is 29.9. The fraction of sp³-hybridized carbons (Fsp3) is 0.0370. The minimum Gasteiger partial charge on any atom is -0.280 e. The van der Waals surface area contributed by atoms with Crippen LogP contribution in [0.1, 0.15) is 5.82 Å². The van der Waals surface area contributed by atoms with E-state index in [-0.39, 0.29) is 10.5 Å². The third-order valence-electron chi connectivity index (χ3n) is 5.59. The fourth-order valence-electron chi connectivity index (χ4n) is 3.90. The molecule has 0 bridgehead atoms. The van der Waals surface area contributed by atoms with E-state index >= 15 is 0 Å². The van der Waals surface area contributed by atoms with Crippen LogP contribution in [0.4, 0.5) is 5.69 Å². The van der Waals surface area contributed by atoms with Gasteiger partial charge in [-0.1, -0.05) is 54.6 Å². The van der Waals surface area contributed by atoms with Crippen molar-refractivity contribution >= 4 is 26.6 Å². The second-order valence-corrected chi connectivity index (χ2v) is 9.54. The van der Waals surface area contributed by atoms with E-state index in [4.69, 9.17) is 0 Å². The average molecular weight is 468 g/mol. The zero-order chi connectivity index (χ0) is 23.7. The van der Waals surface area contributed by atoms with Crippen LogP contribution in [0, 0.1) is 6.92 Å². The number of para-hydroxylation sites is 1. The number of rotatable bonds is 5. The summed E-state index contributed by atoms with van der Waals surface area (Å²) in [5, 5.41) is 0.525. The van der Waals surface area contributed by atoms with Gasteiger partial charge in [0.25, 0.3) is 15.6 Å². The second-order valence-electron chi connectivity index (χ2n) is 7.86. The lowest BCUT2D eigenvalue weighted by Crippen LogP contribution is -2.22. The smallest absolute Gasteiger partial charge is 0.265 e. The highest BCUT2D eigenvalue weighted by molar-refractivity contribution is 7.92. The Bertz CT molecular complexity index is 1640. The Morgan fingerprint density at radius 1 is 0.735 bits per heavy atom. The van der Waals surface area contributed by atoms with E-state index in [1.54, 1.807) is 73.7 Å². The van der Waals surface area contributed by atoms with Crippen LogP contribution in [-0.2, 0) is 10.0 Å². The summed E-state index contributed by atoms with van der Waals surface area (Å²) in [5.41, 5.74) is 3.43. The molecule has 5 aromatic rings. The zero-order valence-corrected chi connectivity index (χ0v) is 19.2. The summed E-state index contributed by atoms with van der Waals surface area (Å²) in [7, 11) is -3.77. The molecule has 7 heteroatoms. The summed E-state index contributed by atoms with van der Waals surface area (Å²) in [6.07, 6.45) is 0. The lowest BCUT2D eigenvalue weighted by molar-refractivity contribution is 0.601. The Morgan fingerprint density at radius 2 is 1.35 bits per heavy atom. The fourth-order valence-corrected chi connectivity index (χ4v) is 4.96. The van der Waals surface area contributed by atoms with Gasteiger partial charge in [-0.2, -0.15) is 0 Å². The number of sulfonamides is 1. The second kappa shape index (κ2) is 8.61. The standard InChI is InChI=1S/C27H21N3O3S/c1-19-28-26-10-6-5-9-25(26)27(31)30(19)23-15-13-22(14-16-23)29-34(32,33)24-17-11-21(12-18-24)20-7-3-2-4-8-20/h2-18,29H,1H3. The van der Waals surface area contributed by atoms with Gasteiger partial charge in [0.1, 0.15) is 5.82 Å². The molecule has 34 heavy (non-hydrogen) atoms. The summed E-state index contributed by atoms with van der Waals surface area (Å²) >= 11 is 0. The van der Waals surface area contributed by atoms with Crippen LogP contribution in [0.25, 0.3) is 27.7 Å². The number of hydrogen-bond donors (Lipinski definition) is 1. The predicted octanol–water partition coefficient (Wildman–Crippen LogP) is 5.16. The van der Waals surface area contributed by atoms with E-state index in [2.05, 4.69) is 9.71 Å². The highest BCUT2D eigenvalue weighted by atomic mass is 32.2. The molecular formula is C27H21N3O3S. The Morgan fingerprint density at radius 3 is 2.06 bits per heavy atom. The number of benzene rings is 4. The van der Waals surface area contributed by atoms with Gasteiger partial charge < -0.3 is 0 Å². The first-order chi connectivity index (χ1) is 16.4. The van der Waals surface area contributed by atoms with Crippen molar-refractivity contribution in [3.05, 3.63) is 119 Å². The number of hydrogen-bond acceptors (Lipinski definition) is 4. The Hall–Kier alpha value is -4.23. The highest BCUT2D eigenvalue weighted by Gasteiger charge is 2.15. The summed E-state index contributed by atoms with van der Waals surface area (Å²) in [5.74, 6) is 0.551. The first kappa shape index (κ1) is 21.6. The molecule has 0 atom stereocenters. The van der Waals surface area contributed by atoms with Crippen molar-refractivity contribution in [1.82, 2.24) is 9.55 Å². The molecule has 0 saturated carbocycles. The van der Waals surface area contributed by atoms with E-state index in [0.717, 1.165) is 11.1 Å². The molecule has 0 saturated heterocycles. The van der Waals surface area contributed by atoms with Crippen molar-refractivity contribution in [2.45, 2.75) is 11.8 Å². The third kappa shape index (κ3) is 4.09. The molecule has 0 aliphatic rings. The average Bonchev–Trinajstić information content (AvgIpc) is 2.85. The molecule has 0 spiro atoms. The Balaban J connectivity index is 1.40. The SMILES string of the molecule is Cc1nc2ccccc2c(=O)n1-c1ccc(NS(=O)(=O)c2ccc(-c3ccccc3)cc2)cc1. The molecule has 6 nitrogen and oxygen atoms in total. The van der Waals surface area contributed by atoms with E-state index in [1.807, 2.05) is 36.4 Å². The van der Waals surface area contributed by atoms with Crippen molar-refractivity contribution < 1.29 is 8.42 Å². The van der Waals surface area contributed by atoms with Crippen LogP contribution >= 0.6 is 0 Å². The molecule has 0 fully saturated rings.